The van der Waals surface area contributed by atoms with Crippen LogP contribution in [0.1, 0.15) is 29.3 Å². The van der Waals surface area contributed by atoms with Gasteiger partial charge in [-0.05, 0) is 38.7 Å². The quantitative estimate of drug-likeness (QED) is 0.809. The van der Waals surface area contributed by atoms with Crippen LogP contribution in [-0.2, 0) is 24.2 Å². The maximum absolute atomic E-state index is 12.3. The summed E-state index contributed by atoms with van der Waals surface area (Å²) in [7, 11) is 5.60. The van der Waals surface area contributed by atoms with Gasteiger partial charge in [-0.1, -0.05) is 6.07 Å². The second kappa shape index (κ2) is 9.01. The lowest BCUT2D eigenvalue weighted by Crippen LogP contribution is -2.37. The Kier molecular flexibility index (Phi) is 6.43. The zero-order chi connectivity index (χ0) is 21.8. The number of nitrogen functional groups attached to an aromatic ring is 1. The molecule has 1 aromatic heterocycles. The van der Waals surface area contributed by atoms with Crippen LogP contribution in [0.15, 0.2) is 18.2 Å². The second-order valence-corrected chi connectivity index (χ2v) is 7.42. The Morgan fingerprint density at radius 3 is 2.80 bits per heavy atom. The first-order chi connectivity index (χ1) is 14.4. The van der Waals surface area contributed by atoms with E-state index in [4.69, 9.17) is 15.2 Å². The predicted octanol–water partition coefficient (Wildman–Crippen LogP) is 2.79. The van der Waals surface area contributed by atoms with Gasteiger partial charge >= 0.3 is 6.09 Å². The van der Waals surface area contributed by atoms with E-state index in [1.807, 2.05) is 37.2 Å². The average Bonchev–Trinajstić information content (AvgIpc) is 2.72. The van der Waals surface area contributed by atoms with Gasteiger partial charge in [-0.15, -0.1) is 0 Å². The van der Waals surface area contributed by atoms with Gasteiger partial charge in [0.2, 0.25) is 0 Å². The fourth-order valence-electron chi connectivity index (χ4n) is 3.78. The third-order valence-electron chi connectivity index (χ3n) is 5.07. The number of nitriles is 1. The SMILES string of the molecule is CCOC(=O)N1CCc2nc(N)c(C#N)c(-c3ccc(OC)c(CN(C)C)c3)c2C1. The number of carbonyl (C=O) groups is 1. The highest BCUT2D eigenvalue weighted by Gasteiger charge is 2.28. The van der Waals surface area contributed by atoms with Crippen LogP contribution in [0.3, 0.4) is 0 Å². The molecular weight excluding hydrogens is 382 g/mol. The molecule has 30 heavy (non-hydrogen) atoms. The Hall–Kier alpha value is -3.31. The number of methoxy groups -OCH3 is 1. The lowest BCUT2D eigenvalue weighted by atomic mass is 9.90. The van der Waals surface area contributed by atoms with Crippen molar-refractivity contribution in [3.63, 3.8) is 0 Å². The van der Waals surface area contributed by atoms with Gasteiger partial charge in [0.15, 0.2) is 0 Å². The molecule has 0 saturated heterocycles. The van der Waals surface area contributed by atoms with Crippen LogP contribution in [0.2, 0.25) is 0 Å². The number of ether oxygens (including phenoxy) is 2. The standard InChI is InChI=1S/C22H27N5O3/c1-5-30-22(28)27-9-8-18-17(13-27)20(16(11-23)21(24)25-18)14-6-7-19(29-4)15(10-14)12-26(2)3/h6-7,10H,5,8-9,12-13H2,1-4H3,(H2,24,25). The van der Waals surface area contributed by atoms with E-state index in [0.29, 0.717) is 38.2 Å². The highest BCUT2D eigenvalue weighted by atomic mass is 16.6. The molecule has 8 nitrogen and oxygen atoms in total. The van der Waals surface area contributed by atoms with Gasteiger partial charge in [-0.3, -0.25) is 0 Å². The van der Waals surface area contributed by atoms with Crippen molar-refractivity contribution in [2.75, 3.05) is 40.1 Å². The summed E-state index contributed by atoms with van der Waals surface area (Å²) in [6.45, 7) is 3.58. The first kappa shape index (κ1) is 21.4. The highest BCUT2D eigenvalue weighted by molar-refractivity contribution is 5.81. The number of benzene rings is 1. The van der Waals surface area contributed by atoms with Crippen LogP contribution in [0.5, 0.6) is 5.75 Å². The number of anilines is 1. The molecule has 0 fully saturated rings. The summed E-state index contributed by atoms with van der Waals surface area (Å²) in [6, 6.07) is 8.03. The minimum absolute atomic E-state index is 0.209. The molecule has 3 rings (SSSR count). The molecule has 1 aliphatic heterocycles. The molecule has 0 saturated carbocycles. The molecule has 0 atom stereocenters. The fourth-order valence-corrected chi connectivity index (χ4v) is 3.78. The monoisotopic (exact) mass is 409 g/mol. The van der Waals surface area contributed by atoms with Gasteiger partial charge in [-0.2, -0.15) is 5.26 Å². The van der Waals surface area contributed by atoms with Gasteiger partial charge in [0.25, 0.3) is 0 Å². The number of fused-ring (bicyclic) bond motifs is 1. The third kappa shape index (κ3) is 4.16. The maximum Gasteiger partial charge on any atom is 0.410 e. The Bertz CT molecular complexity index is 997. The van der Waals surface area contributed by atoms with E-state index in [0.717, 1.165) is 33.7 Å². The average molecular weight is 409 g/mol. The number of carbonyl (C=O) groups excluding carboxylic acids is 1. The summed E-state index contributed by atoms with van der Waals surface area (Å²) in [5, 5.41) is 9.83. The minimum Gasteiger partial charge on any atom is -0.496 e. The molecule has 8 heteroatoms. The lowest BCUT2D eigenvalue weighted by molar-refractivity contribution is 0.102. The molecule has 2 heterocycles. The largest absolute Gasteiger partial charge is 0.496 e. The molecule has 1 aromatic carbocycles. The molecule has 0 radical (unpaired) electrons. The molecule has 158 valence electrons. The predicted molar refractivity (Wildman–Crippen MR) is 114 cm³/mol. The molecule has 0 spiro atoms. The summed E-state index contributed by atoms with van der Waals surface area (Å²) in [5.41, 5.74) is 10.7. The topological polar surface area (TPSA) is 105 Å². The van der Waals surface area contributed by atoms with Crippen molar-refractivity contribution in [3.05, 3.63) is 40.6 Å². The smallest absolute Gasteiger partial charge is 0.410 e. The Morgan fingerprint density at radius 1 is 1.40 bits per heavy atom. The Balaban J connectivity index is 2.16. The number of rotatable bonds is 5. The van der Waals surface area contributed by atoms with Gasteiger partial charge < -0.3 is 25.0 Å². The second-order valence-electron chi connectivity index (χ2n) is 7.42. The van der Waals surface area contributed by atoms with Crippen molar-refractivity contribution >= 4 is 11.9 Å². The van der Waals surface area contributed by atoms with Crippen LogP contribution in [0, 0.1) is 11.3 Å². The van der Waals surface area contributed by atoms with Crippen molar-refractivity contribution in [1.29, 1.82) is 5.26 Å². The Labute approximate surface area is 176 Å². The number of amides is 1. The van der Waals surface area contributed by atoms with Gasteiger partial charge in [0.05, 0.1) is 26.0 Å². The van der Waals surface area contributed by atoms with E-state index < -0.39 is 0 Å². The van der Waals surface area contributed by atoms with Crippen LogP contribution >= 0.6 is 0 Å². The van der Waals surface area contributed by atoms with E-state index in [-0.39, 0.29) is 11.9 Å². The first-order valence-corrected chi connectivity index (χ1v) is 9.84. The van der Waals surface area contributed by atoms with E-state index in [1.165, 1.54) is 0 Å². The molecule has 0 aliphatic carbocycles. The number of hydrogen-bond acceptors (Lipinski definition) is 7. The maximum atomic E-state index is 12.3. The van der Waals surface area contributed by atoms with Crippen LogP contribution < -0.4 is 10.5 Å². The van der Waals surface area contributed by atoms with Crippen molar-refractivity contribution in [3.8, 4) is 22.9 Å². The van der Waals surface area contributed by atoms with Crippen LogP contribution in [0.4, 0.5) is 10.6 Å². The third-order valence-corrected chi connectivity index (χ3v) is 5.07. The minimum atomic E-state index is -0.368. The number of nitrogens with zero attached hydrogens (tertiary/aromatic N) is 4. The van der Waals surface area contributed by atoms with Crippen LogP contribution in [0.25, 0.3) is 11.1 Å². The summed E-state index contributed by atoms with van der Waals surface area (Å²) in [4.78, 5) is 20.5. The van der Waals surface area contributed by atoms with Gasteiger partial charge in [0, 0.05) is 36.2 Å². The van der Waals surface area contributed by atoms with Crippen molar-refractivity contribution in [2.24, 2.45) is 0 Å². The zero-order valence-corrected chi connectivity index (χ0v) is 17.9. The molecule has 2 N–H and O–H groups in total. The van der Waals surface area contributed by atoms with Crippen LogP contribution in [-0.4, -0.2) is 55.2 Å². The Morgan fingerprint density at radius 2 is 2.17 bits per heavy atom. The van der Waals surface area contributed by atoms with E-state index in [1.54, 1.807) is 18.9 Å². The zero-order valence-electron chi connectivity index (χ0n) is 17.9. The first-order valence-electron chi connectivity index (χ1n) is 9.84. The number of aromatic nitrogens is 1. The highest BCUT2D eigenvalue weighted by Crippen LogP contribution is 2.37. The van der Waals surface area contributed by atoms with E-state index in [2.05, 4.69) is 11.1 Å². The summed E-state index contributed by atoms with van der Waals surface area (Å²) in [6.07, 6.45) is 0.185. The normalized spacial score (nSPS) is 13.0. The van der Waals surface area contributed by atoms with Gasteiger partial charge in [-0.25, -0.2) is 9.78 Å². The fraction of sp³-hybridized carbons (Fsp3) is 0.409. The molecule has 0 bridgehead atoms. The van der Waals surface area contributed by atoms with Crippen molar-refractivity contribution in [2.45, 2.75) is 26.4 Å². The van der Waals surface area contributed by atoms with Crippen molar-refractivity contribution in [1.82, 2.24) is 14.8 Å². The molecular formula is C22H27N5O3. The molecule has 2 aromatic rings. The summed E-state index contributed by atoms with van der Waals surface area (Å²) >= 11 is 0. The number of hydrogen-bond donors (Lipinski definition) is 1. The van der Waals surface area contributed by atoms with E-state index >= 15 is 0 Å². The molecule has 1 aliphatic rings. The van der Waals surface area contributed by atoms with E-state index in [9.17, 15) is 10.1 Å². The number of nitrogens with two attached hydrogens (primary N) is 1. The summed E-state index contributed by atoms with van der Waals surface area (Å²) in [5.74, 6) is 0.982. The summed E-state index contributed by atoms with van der Waals surface area (Å²) < 4.78 is 10.7. The molecule has 1 amide bonds. The molecule has 0 unspecified atom stereocenters. The van der Waals surface area contributed by atoms with Gasteiger partial charge in [0.1, 0.15) is 23.2 Å². The number of pyridine rings is 1. The lowest BCUT2D eigenvalue weighted by Gasteiger charge is -2.30. The van der Waals surface area contributed by atoms with Crippen molar-refractivity contribution < 1.29 is 14.3 Å².